The lowest BCUT2D eigenvalue weighted by Gasteiger charge is -2.09. The SMILES string of the molecule is N#Cc1ccc(COc2ccc3c(c2)CCC3=O)c(Cl)c1. The molecule has 0 heterocycles. The predicted octanol–water partition coefficient (Wildman–Crippen LogP) is 3.92. The molecule has 0 spiro atoms. The summed E-state index contributed by atoms with van der Waals surface area (Å²) in [5.41, 5.74) is 3.20. The molecular weight excluding hydrogens is 286 g/mol. The van der Waals surface area contributed by atoms with Gasteiger partial charge in [0.25, 0.3) is 0 Å². The molecule has 0 bridgehead atoms. The van der Waals surface area contributed by atoms with E-state index >= 15 is 0 Å². The summed E-state index contributed by atoms with van der Waals surface area (Å²) in [6.45, 7) is 0.331. The molecule has 2 aromatic carbocycles. The minimum atomic E-state index is 0.201. The number of ether oxygens (including phenoxy) is 1. The summed E-state index contributed by atoms with van der Waals surface area (Å²) in [5.74, 6) is 0.926. The van der Waals surface area contributed by atoms with Crippen LogP contribution in [-0.2, 0) is 13.0 Å². The van der Waals surface area contributed by atoms with Gasteiger partial charge in [-0.25, -0.2) is 0 Å². The predicted molar refractivity (Wildman–Crippen MR) is 79.6 cm³/mol. The van der Waals surface area contributed by atoms with Crippen molar-refractivity contribution in [1.29, 1.82) is 5.26 Å². The Kier molecular flexibility index (Phi) is 3.64. The Morgan fingerprint density at radius 1 is 1.19 bits per heavy atom. The fraction of sp³-hybridized carbons (Fsp3) is 0.176. The summed E-state index contributed by atoms with van der Waals surface area (Å²) in [4.78, 5) is 11.6. The molecule has 0 saturated carbocycles. The van der Waals surface area contributed by atoms with Crippen molar-refractivity contribution in [3.63, 3.8) is 0 Å². The number of benzene rings is 2. The Hall–Kier alpha value is -2.31. The van der Waals surface area contributed by atoms with Crippen molar-refractivity contribution >= 4 is 17.4 Å². The molecule has 0 unspecified atom stereocenters. The van der Waals surface area contributed by atoms with Crippen molar-refractivity contribution in [2.24, 2.45) is 0 Å². The number of rotatable bonds is 3. The van der Waals surface area contributed by atoms with Crippen LogP contribution in [-0.4, -0.2) is 5.78 Å². The van der Waals surface area contributed by atoms with E-state index in [0.29, 0.717) is 23.6 Å². The lowest BCUT2D eigenvalue weighted by Crippen LogP contribution is -1.98. The maximum atomic E-state index is 11.6. The second kappa shape index (κ2) is 5.59. The molecule has 0 saturated heterocycles. The number of nitrogens with zero attached hydrogens (tertiary/aromatic N) is 1. The van der Waals surface area contributed by atoms with Gasteiger partial charge in [0.2, 0.25) is 0 Å². The molecule has 1 aliphatic rings. The molecule has 0 aliphatic heterocycles. The van der Waals surface area contributed by atoms with Gasteiger partial charge in [0.1, 0.15) is 12.4 Å². The molecule has 1 aliphatic carbocycles. The number of Topliss-reactive ketones (excluding diaryl/α,β-unsaturated/α-hetero) is 1. The van der Waals surface area contributed by atoms with Crippen molar-refractivity contribution in [1.82, 2.24) is 0 Å². The fourth-order valence-electron chi connectivity index (χ4n) is 2.42. The van der Waals surface area contributed by atoms with E-state index in [0.717, 1.165) is 28.9 Å². The summed E-state index contributed by atoms with van der Waals surface area (Å²) < 4.78 is 5.73. The molecule has 0 radical (unpaired) electrons. The minimum absolute atomic E-state index is 0.201. The zero-order valence-electron chi connectivity index (χ0n) is 11.2. The average Bonchev–Trinajstić information content (AvgIpc) is 2.87. The highest BCUT2D eigenvalue weighted by atomic mass is 35.5. The number of carbonyl (C=O) groups is 1. The first-order chi connectivity index (χ1) is 10.2. The van der Waals surface area contributed by atoms with Crippen molar-refractivity contribution < 1.29 is 9.53 Å². The van der Waals surface area contributed by atoms with Crippen LogP contribution < -0.4 is 4.74 Å². The molecule has 4 heteroatoms. The van der Waals surface area contributed by atoms with Gasteiger partial charge in [-0.1, -0.05) is 17.7 Å². The molecule has 0 atom stereocenters. The highest BCUT2D eigenvalue weighted by molar-refractivity contribution is 6.31. The van der Waals surface area contributed by atoms with E-state index in [1.807, 2.05) is 18.2 Å². The molecule has 3 rings (SSSR count). The minimum Gasteiger partial charge on any atom is -0.489 e. The van der Waals surface area contributed by atoms with E-state index in [9.17, 15) is 4.79 Å². The number of halogens is 1. The standard InChI is InChI=1S/C17H12ClNO2/c18-16-7-11(9-19)1-2-13(16)10-21-14-4-5-15-12(8-14)3-6-17(15)20/h1-2,4-5,7-8H,3,6,10H2. The highest BCUT2D eigenvalue weighted by Crippen LogP contribution is 2.27. The maximum Gasteiger partial charge on any atom is 0.163 e. The van der Waals surface area contributed by atoms with Crippen LogP contribution in [0.5, 0.6) is 5.75 Å². The maximum absolute atomic E-state index is 11.6. The summed E-state index contributed by atoms with van der Waals surface area (Å²) in [6.07, 6.45) is 1.36. The van der Waals surface area contributed by atoms with E-state index in [1.54, 1.807) is 24.3 Å². The van der Waals surface area contributed by atoms with Crippen LogP contribution in [0.3, 0.4) is 0 Å². The molecule has 0 fully saturated rings. The van der Waals surface area contributed by atoms with Crippen LogP contribution in [0.1, 0.15) is 33.5 Å². The molecule has 0 amide bonds. The van der Waals surface area contributed by atoms with Gasteiger partial charge in [-0.05, 0) is 42.3 Å². The normalized spacial score (nSPS) is 12.9. The van der Waals surface area contributed by atoms with Crippen LogP contribution in [0, 0.1) is 11.3 Å². The zero-order valence-corrected chi connectivity index (χ0v) is 12.0. The lowest BCUT2D eigenvalue weighted by atomic mass is 10.1. The molecule has 0 aromatic heterocycles. The van der Waals surface area contributed by atoms with Crippen molar-refractivity contribution in [3.8, 4) is 11.8 Å². The van der Waals surface area contributed by atoms with Crippen LogP contribution in [0.25, 0.3) is 0 Å². The van der Waals surface area contributed by atoms with Gasteiger partial charge < -0.3 is 4.74 Å². The average molecular weight is 298 g/mol. The Morgan fingerprint density at radius 3 is 2.81 bits per heavy atom. The zero-order chi connectivity index (χ0) is 14.8. The largest absolute Gasteiger partial charge is 0.489 e. The molecule has 2 aromatic rings. The summed E-state index contributed by atoms with van der Waals surface area (Å²) in [6, 6.07) is 12.7. The van der Waals surface area contributed by atoms with Crippen molar-refractivity contribution in [3.05, 3.63) is 63.7 Å². The second-order valence-corrected chi connectivity index (χ2v) is 5.36. The van der Waals surface area contributed by atoms with E-state index in [4.69, 9.17) is 21.6 Å². The number of nitriles is 1. The Morgan fingerprint density at radius 2 is 2.05 bits per heavy atom. The number of hydrogen-bond donors (Lipinski definition) is 0. The Bertz CT molecular complexity index is 762. The van der Waals surface area contributed by atoms with Gasteiger partial charge in [-0.2, -0.15) is 5.26 Å². The van der Waals surface area contributed by atoms with E-state index < -0.39 is 0 Å². The first kappa shape index (κ1) is 13.7. The third-order valence-corrected chi connectivity index (χ3v) is 3.93. The van der Waals surface area contributed by atoms with E-state index in [-0.39, 0.29) is 5.78 Å². The molecule has 21 heavy (non-hydrogen) atoms. The van der Waals surface area contributed by atoms with Gasteiger partial charge in [0.15, 0.2) is 5.78 Å². The molecule has 3 nitrogen and oxygen atoms in total. The first-order valence-electron chi connectivity index (χ1n) is 6.65. The molecular formula is C17H12ClNO2. The van der Waals surface area contributed by atoms with Gasteiger partial charge in [-0.15, -0.1) is 0 Å². The van der Waals surface area contributed by atoms with Crippen molar-refractivity contribution in [2.45, 2.75) is 19.4 Å². The topological polar surface area (TPSA) is 50.1 Å². The number of carbonyl (C=O) groups excluding carboxylic acids is 1. The third-order valence-electron chi connectivity index (χ3n) is 3.58. The van der Waals surface area contributed by atoms with Crippen LogP contribution in [0.2, 0.25) is 5.02 Å². The van der Waals surface area contributed by atoms with Gasteiger partial charge in [0.05, 0.1) is 11.6 Å². The van der Waals surface area contributed by atoms with Crippen LogP contribution in [0.4, 0.5) is 0 Å². The van der Waals surface area contributed by atoms with Gasteiger partial charge in [0, 0.05) is 22.6 Å². The summed E-state index contributed by atoms with van der Waals surface area (Å²) in [7, 11) is 0. The Labute approximate surface area is 127 Å². The van der Waals surface area contributed by atoms with Crippen LogP contribution >= 0.6 is 11.6 Å². The van der Waals surface area contributed by atoms with Crippen molar-refractivity contribution in [2.75, 3.05) is 0 Å². The van der Waals surface area contributed by atoms with Crippen LogP contribution in [0.15, 0.2) is 36.4 Å². The lowest BCUT2D eigenvalue weighted by molar-refractivity contribution is 0.0994. The smallest absolute Gasteiger partial charge is 0.163 e. The van der Waals surface area contributed by atoms with Gasteiger partial charge in [-0.3, -0.25) is 4.79 Å². The fourth-order valence-corrected chi connectivity index (χ4v) is 2.65. The number of fused-ring (bicyclic) bond motifs is 1. The summed E-state index contributed by atoms with van der Waals surface area (Å²) >= 11 is 6.11. The number of aryl methyl sites for hydroxylation is 1. The van der Waals surface area contributed by atoms with E-state index in [1.165, 1.54) is 0 Å². The van der Waals surface area contributed by atoms with E-state index in [2.05, 4.69) is 0 Å². The highest BCUT2D eigenvalue weighted by Gasteiger charge is 2.19. The Balaban J connectivity index is 1.74. The van der Waals surface area contributed by atoms with Gasteiger partial charge >= 0.3 is 0 Å². The first-order valence-corrected chi connectivity index (χ1v) is 7.02. The number of hydrogen-bond acceptors (Lipinski definition) is 3. The monoisotopic (exact) mass is 297 g/mol. The quantitative estimate of drug-likeness (QED) is 0.863. The summed E-state index contributed by atoms with van der Waals surface area (Å²) in [5, 5.41) is 9.32. The third kappa shape index (κ3) is 2.76. The molecule has 104 valence electrons. The number of ketones is 1. The molecule has 0 N–H and O–H groups in total. The second-order valence-electron chi connectivity index (χ2n) is 4.95.